The van der Waals surface area contributed by atoms with Gasteiger partial charge in [0.1, 0.15) is 5.82 Å². The third-order valence-electron chi connectivity index (χ3n) is 2.43. The lowest BCUT2D eigenvalue weighted by molar-refractivity contribution is 0.0255. The second kappa shape index (κ2) is 4.99. The number of halogens is 1. The first kappa shape index (κ1) is 11.0. The van der Waals surface area contributed by atoms with Gasteiger partial charge in [-0.3, -0.25) is 0 Å². The van der Waals surface area contributed by atoms with Crippen LogP contribution in [-0.4, -0.2) is 25.8 Å². The number of nitrogens with one attached hydrogen (secondary N) is 1. The molecule has 0 radical (unpaired) electrons. The quantitative estimate of drug-likeness (QED) is 0.608. The van der Waals surface area contributed by atoms with Gasteiger partial charge < -0.3 is 10.1 Å². The molecular weight excluding hydrogens is 211 g/mol. The van der Waals surface area contributed by atoms with Crippen molar-refractivity contribution in [3.8, 4) is 0 Å². The molecule has 1 aromatic rings. The van der Waals surface area contributed by atoms with Crippen LogP contribution < -0.4 is 5.32 Å². The number of aliphatic imine (C=N–C) groups is 1. The number of benzene rings is 1. The molecule has 0 bridgehead atoms. The molecule has 0 aromatic heterocycles. The molecule has 16 heavy (non-hydrogen) atoms. The van der Waals surface area contributed by atoms with Gasteiger partial charge >= 0.3 is 0 Å². The number of carbonyl (C=O) groups excluding carboxylic acids is 1. The highest BCUT2D eigenvalue weighted by Gasteiger charge is 2.19. The third kappa shape index (κ3) is 2.33. The van der Waals surface area contributed by atoms with Crippen LogP contribution in [0.5, 0.6) is 0 Å². The summed E-state index contributed by atoms with van der Waals surface area (Å²) in [6.45, 7) is 1.94. The van der Waals surface area contributed by atoms with Crippen LogP contribution in [0.1, 0.15) is 11.7 Å². The van der Waals surface area contributed by atoms with Crippen LogP contribution in [0.25, 0.3) is 0 Å². The minimum absolute atomic E-state index is 0.264. The molecule has 0 aliphatic carbocycles. The number of ether oxygens (including phenoxy) is 1. The minimum atomic E-state index is -0.412. The molecule has 1 heterocycles. The van der Waals surface area contributed by atoms with Crippen molar-refractivity contribution in [1.82, 2.24) is 5.32 Å². The van der Waals surface area contributed by atoms with E-state index in [1.165, 1.54) is 12.1 Å². The lowest BCUT2D eigenvalue weighted by Gasteiger charge is -2.24. The number of rotatable bonds is 2. The molecule has 2 rings (SSSR count). The molecule has 5 heteroatoms. The molecule has 0 amide bonds. The van der Waals surface area contributed by atoms with Gasteiger partial charge in [-0.2, -0.15) is 4.99 Å². The first-order valence-electron chi connectivity index (χ1n) is 5.01. The van der Waals surface area contributed by atoms with Crippen LogP contribution in [0.4, 0.5) is 10.1 Å². The molecule has 1 unspecified atom stereocenters. The van der Waals surface area contributed by atoms with Gasteiger partial charge in [-0.1, -0.05) is 6.07 Å². The van der Waals surface area contributed by atoms with Gasteiger partial charge in [-0.05, 0) is 6.07 Å². The standard InChI is InChI=1S/C11H11FN2O2/c12-10-5-8(14-7-15)1-2-9(10)11-6-13-3-4-16-11/h1-2,5,11,13H,3-4,6H2. The van der Waals surface area contributed by atoms with Crippen molar-refractivity contribution in [3.05, 3.63) is 29.6 Å². The predicted octanol–water partition coefficient (Wildman–Crippen LogP) is 1.45. The van der Waals surface area contributed by atoms with Crippen molar-refractivity contribution >= 4 is 11.8 Å². The molecule has 1 aromatic carbocycles. The molecule has 1 atom stereocenters. The Labute approximate surface area is 92.1 Å². The predicted molar refractivity (Wildman–Crippen MR) is 55.7 cm³/mol. The van der Waals surface area contributed by atoms with Gasteiger partial charge in [0.05, 0.1) is 18.4 Å². The first-order valence-corrected chi connectivity index (χ1v) is 5.01. The van der Waals surface area contributed by atoms with Gasteiger partial charge in [0.2, 0.25) is 6.08 Å². The van der Waals surface area contributed by atoms with Gasteiger partial charge in [0.25, 0.3) is 0 Å². The Morgan fingerprint density at radius 1 is 1.56 bits per heavy atom. The molecule has 84 valence electrons. The zero-order valence-electron chi connectivity index (χ0n) is 8.57. The molecule has 0 saturated carbocycles. The van der Waals surface area contributed by atoms with Gasteiger partial charge in [-0.15, -0.1) is 0 Å². The Morgan fingerprint density at radius 2 is 2.44 bits per heavy atom. The summed E-state index contributed by atoms with van der Waals surface area (Å²) in [6, 6.07) is 4.36. The summed E-state index contributed by atoms with van der Waals surface area (Å²) in [4.78, 5) is 13.4. The number of morpholine rings is 1. The van der Waals surface area contributed by atoms with E-state index in [9.17, 15) is 9.18 Å². The Morgan fingerprint density at radius 3 is 3.06 bits per heavy atom. The molecule has 1 fully saturated rings. The summed E-state index contributed by atoms with van der Waals surface area (Å²) in [7, 11) is 0. The summed E-state index contributed by atoms with van der Waals surface area (Å²) in [5.74, 6) is -0.412. The van der Waals surface area contributed by atoms with Crippen molar-refractivity contribution in [2.45, 2.75) is 6.10 Å². The normalized spacial score (nSPS) is 20.2. The smallest absolute Gasteiger partial charge is 0.240 e. The highest BCUT2D eigenvalue weighted by Crippen LogP contribution is 2.25. The highest BCUT2D eigenvalue weighted by molar-refractivity contribution is 5.49. The van der Waals surface area contributed by atoms with Crippen LogP contribution >= 0.6 is 0 Å². The number of isocyanates is 1. The number of nitrogens with zero attached hydrogens (tertiary/aromatic N) is 1. The maximum absolute atomic E-state index is 13.7. The Kier molecular flexibility index (Phi) is 3.41. The van der Waals surface area contributed by atoms with Crippen LogP contribution in [0.3, 0.4) is 0 Å². The second-order valence-corrected chi connectivity index (χ2v) is 3.47. The summed E-state index contributed by atoms with van der Waals surface area (Å²) in [6.07, 6.45) is 1.10. The topological polar surface area (TPSA) is 50.7 Å². The Hall–Kier alpha value is -1.55. The zero-order valence-corrected chi connectivity index (χ0v) is 8.57. The minimum Gasteiger partial charge on any atom is -0.371 e. The van der Waals surface area contributed by atoms with Crippen LogP contribution in [0, 0.1) is 5.82 Å². The van der Waals surface area contributed by atoms with E-state index in [-0.39, 0.29) is 11.8 Å². The van der Waals surface area contributed by atoms with Gasteiger partial charge in [-0.25, -0.2) is 9.18 Å². The summed E-state index contributed by atoms with van der Waals surface area (Å²) in [5.41, 5.74) is 0.747. The zero-order chi connectivity index (χ0) is 11.4. The first-order chi connectivity index (χ1) is 7.81. The van der Waals surface area contributed by atoms with E-state index in [0.717, 1.165) is 6.54 Å². The maximum Gasteiger partial charge on any atom is 0.240 e. The summed E-state index contributed by atoms with van der Waals surface area (Å²) >= 11 is 0. The Bertz CT molecular complexity index is 424. The Balaban J connectivity index is 2.24. The second-order valence-electron chi connectivity index (χ2n) is 3.47. The average Bonchev–Trinajstić information content (AvgIpc) is 2.31. The number of hydrogen-bond donors (Lipinski definition) is 1. The molecule has 0 spiro atoms. The fourth-order valence-electron chi connectivity index (χ4n) is 1.66. The average molecular weight is 222 g/mol. The van der Waals surface area contributed by atoms with E-state index in [4.69, 9.17) is 4.74 Å². The van der Waals surface area contributed by atoms with Crippen LogP contribution in [0.2, 0.25) is 0 Å². The molecular formula is C11H11FN2O2. The molecule has 1 N–H and O–H groups in total. The molecule has 1 aliphatic rings. The van der Waals surface area contributed by atoms with Crippen molar-refractivity contribution < 1.29 is 13.9 Å². The largest absolute Gasteiger partial charge is 0.371 e. The van der Waals surface area contributed by atoms with E-state index < -0.39 is 5.82 Å². The SMILES string of the molecule is O=C=Nc1ccc(C2CNCCO2)c(F)c1. The highest BCUT2D eigenvalue weighted by atomic mass is 19.1. The van der Waals surface area contributed by atoms with E-state index in [2.05, 4.69) is 10.3 Å². The van der Waals surface area contributed by atoms with Crippen molar-refractivity contribution in [2.75, 3.05) is 19.7 Å². The van der Waals surface area contributed by atoms with Crippen LogP contribution in [0.15, 0.2) is 23.2 Å². The van der Waals surface area contributed by atoms with Crippen molar-refractivity contribution in [1.29, 1.82) is 0 Å². The third-order valence-corrected chi connectivity index (χ3v) is 2.43. The molecule has 1 saturated heterocycles. The lowest BCUT2D eigenvalue weighted by Crippen LogP contribution is -2.33. The molecule has 1 aliphatic heterocycles. The van der Waals surface area contributed by atoms with Crippen molar-refractivity contribution in [3.63, 3.8) is 0 Å². The fourth-order valence-corrected chi connectivity index (χ4v) is 1.66. The van der Waals surface area contributed by atoms with E-state index in [1.54, 1.807) is 12.1 Å². The van der Waals surface area contributed by atoms with E-state index >= 15 is 0 Å². The fraction of sp³-hybridized carbons (Fsp3) is 0.364. The monoisotopic (exact) mass is 222 g/mol. The number of hydrogen-bond acceptors (Lipinski definition) is 4. The summed E-state index contributed by atoms with van der Waals surface area (Å²) in [5, 5.41) is 3.12. The lowest BCUT2D eigenvalue weighted by atomic mass is 10.1. The van der Waals surface area contributed by atoms with Gasteiger partial charge in [0, 0.05) is 24.7 Å². The van der Waals surface area contributed by atoms with Gasteiger partial charge in [0.15, 0.2) is 0 Å². The van der Waals surface area contributed by atoms with Crippen LogP contribution in [-0.2, 0) is 9.53 Å². The molecule has 4 nitrogen and oxygen atoms in total. The maximum atomic E-state index is 13.7. The van der Waals surface area contributed by atoms with E-state index in [1.807, 2.05) is 0 Å². The van der Waals surface area contributed by atoms with Crippen molar-refractivity contribution in [2.24, 2.45) is 4.99 Å². The summed E-state index contributed by atoms with van der Waals surface area (Å²) < 4.78 is 19.1. The van der Waals surface area contributed by atoms with E-state index in [0.29, 0.717) is 18.7 Å².